The standard InChI is InChI=1S/C21H28N4O5S2/c1-5-25(15(2)26)21-22-16(14-31-21)13-30-20(27)18-12-17(32(28,29)23(3)4)8-9-19(18)24-10-6-7-11-24/h8-9,12,14H,5-7,10-11,13H2,1-4H3. The summed E-state index contributed by atoms with van der Waals surface area (Å²) in [7, 11) is -0.805. The molecule has 2 heterocycles. The number of aromatic nitrogens is 1. The predicted octanol–water partition coefficient (Wildman–Crippen LogP) is 2.72. The number of ether oxygens (including phenoxy) is 1. The number of sulfonamides is 1. The predicted molar refractivity (Wildman–Crippen MR) is 124 cm³/mol. The zero-order valence-electron chi connectivity index (χ0n) is 18.7. The fourth-order valence-electron chi connectivity index (χ4n) is 3.48. The van der Waals surface area contributed by atoms with Crippen molar-refractivity contribution in [3.63, 3.8) is 0 Å². The molecule has 1 aliphatic rings. The minimum absolute atomic E-state index is 0.0355. The highest BCUT2D eigenvalue weighted by Crippen LogP contribution is 2.29. The van der Waals surface area contributed by atoms with E-state index in [0.29, 0.717) is 23.1 Å². The minimum atomic E-state index is -3.70. The van der Waals surface area contributed by atoms with Crippen LogP contribution in [-0.4, -0.2) is 63.3 Å². The lowest BCUT2D eigenvalue weighted by molar-refractivity contribution is -0.116. The highest BCUT2D eigenvalue weighted by molar-refractivity contribution is 7.89. The van der Waals surface area contributed by atoms with Gasteiger partial charge >= 0.3 is 5.97 Å². The van der Waals surface area contributed by atoms with Gasteiger partial charge in [0.25, 0.3) is 0 Å². The molecule has 0 atom stereocenters. The molecule has 9 nitrogen and oxygen atoms in total. The average Bonchev–Trinajstić information content (AvgIpc) is 3.44. The molecular formula is C21H28N4O5S2. The zero-order valence-corrected chi connectivity index (χ0v) is 20.3. The lowest BCUT2D eigenvalue weighted by Gasteiger charge is -2.22. The number of thiazole rings is 1. The van der Waals surface area contributed by atoms with E-state index in [0.717, 1.165) is 30.2 Å². The molecule has 3 rings (SSSR count). The topological polar surface area (TPSA) is 100 Å². The third kappa shape index (κ3) is 5.11. The zero-order chi connectivity index (χ0) is 23.5. The van der Waals surface area contributed by atoms with Crippen molar-refractivity contribution in [2.45, 2.75) is 38.2 Å². The molecule has 0 unspecified atom stereocenters. The Kier molecular flexibility index (Phi) is 7.52. The van der Waals surface area contributed by atoms with Gasteiger partial charge < -0.3 is 9.64 Å². The van der Waals surface area contributed by atoms with Crippen LogP contribution in [0.15, 0.2) is 28.5 Å². The average molecular weight is 481 g/mol. The van der Waals surface area contributed by atoms with E-state index in [2.05, 4.69) is 9.88 Å². The third-order valence-corrected chi connectivity index (χ3v) is 7.95. The van der Waals surface area contributed by atoms with Crippen LogP contribution in [0.3, 0.4) is 0 Å². The van der Waals surface area contributed by atoms with Gasteiger partial charge in [0.05, 0.1) is 21.8 Å². The van der Waals surface area contributed by atoms with E-state index in [9.17, 15) is 18.0 Å². The van der Waals surface area contributed by atoms with E-state index in [1.807, 2.05) is 6.92 Å². The largest absolute Gasteiger partial charge is 0.455 e. The Morgan fingerprint density at radius 3 is 2.50 bits per heavy atom. The van der Waals surface area contributed by atoms with E-state index in [1.165, 1.54) is 49.4 Å². The first kappa shape index (κ1) is 24.1. The normalized spacial score (nSPS) is 14.1. The van der Waals surface area contributed by atoms with Gasteiger partial charge in [-0.25, -0.2) is 22.5 Å². The number of esters is 1. The molecule has 1 aromatic heterocycles. The number of anilines is 2. The molecule has 1 saturated heterocycles. The maximum absolute atomic E-state index is 13.0. The molecule has 1 aliphatic heterocycles. The summed E-state index contributed by atoms with van der Waals surface area (Å²) in [5, 5.41) is 2.28. The van der Waals surface area contributed by atoms with Gasteiger partial charge in [-0.1, -0.05) is 0 Å². The van der Waals surface area contributed by atoms with Crippen LogP contribution in [0.2, 0.25) is 0 Å². The van der Waals surface area contributed by atoms with Crippen LogP contribution in [0.1, 0.15) is 42.7 Å². The van der Waals surface area contributed by atoms with Crippen molar-refractivity contribution in [3.8, 4) is 0 Å². The van der Waals surface area contributed by atoms with E-state index in [4.69, 9.17) is 4.74 Å². The van der Waals surface area contributed by atoms with Crippen LogP contribution < -0.4 is 9.80 Å². The molecule has 0 aliphatic carbocycles. The second-order valence-corrected chi connectivity index (χ2v) is 10.6. The van der Waals surface area contributed by atoms with Gasteiger partial charge in [-0.3, -0.25) is 9.69 Å². The Hall–Kier alpha value is -2.50. The van der Waals surface area contributed by atoms with Gasteiger partial charge in [0.2, 0.25) is 15.9 Å². The summed E-state index contributed by atoms with van der Waals surface area (Å²) in [6.07, 6.45) is 2.02. The Morgan fingerprint density at radius 2 is 1.91 bits per heavy atom. The second-order valence-electron chi connectivity index (χ2n) is 7.62. The number of hydrogen-bond donors (Lipinski definition) is 0. The molecule has 32 heavy (non-hydrogen) atoms. The molecule has 0 saturated carbocycles. The van der Waals surface area contributed by atoms with Crippen molar-refractivity contribution in [1.29, 1.82) is 0 Å². The first-order valence-electron chi connectivity index (χ1n) is 10.4. The summed E-state index contributed by atoms with van der Waals surface area (Å²) in [5.41, 5.74) is 1.40. The van der Waals surface area contributed by atoms with E-state index < -0.39 is 16.0 Å². The molecule has 1 amide bonds. The fourth-order valence-corrected chi connectivity index (χ4v) is 5.33. The van der Waals surface area contributed by atoms with Gasteiger partial charge in [0.1, 0.15) is 6.61 Å². The third-order valence-electron chi connectivity index (χ3n) is 5.23. The summed E-state index contributed by atoms with van der Waals surface area (Å²) in [5.74, 6) is -0.726. The van der Waals surface area contributed by atoms with Crippen molar-refractivity contribution in [2.24, 2.45) is 0 Å². The molecule has 2 aromatic rings. The monoisotopic (exact) mass is 480 g/mol. The Labute approximate surface area is 192 Å². The maximum Gasteiger partial charge on any atom is 0.340 e. The van der Waals surface area contributed by atoms with Crippen LogP contribution >= 0.6 is 11.3 Å². The Balaban J connectivity index is 1.84. The van der Waals surface area contributed by atoms with Crippen molar-refractivity contribution in [3.05, 3.63) is 34.8 Å². The summed E-state index contributed by atoms with van der Waals surface area (Å²) in [6.45, 7) is 5.35. The van der Waals surface area contributed by atoms with Crippen LogP contribution in [0, 0.1) is 0 Å². The van der Waals surface area contributed by atoms with Gasteiger partial charge in [0.15, 0.2) is 5.13 Å². The van der Waals surface area contributed by atoms with E-state index in [1.54, 1.807) is 11.4 Å². The SMILES string of the molecule is CCN(C(C)=O)c1nc(COC(=O)c2cc(S(=O)(=O)N(C)C)ccc2N2CCCC2)cs1. The second kappa shape index (κ2) is 9.97. The molecule has 1 aromatic carbocycles. The van der Waals surface area contributed by atoms with Gasteiger partial charge in [0, 0.05) is 46.0 Å². The lowest BCUT2D eigenvalue weighted by atomic mass is 10.1. The molecule has 0 N–H and O–H groups in total. The highest BCUT2D eigenvalue weighted by atomic mass is 32.2. The number of benzene rings is 1. The maximum atomic E-state index is 13.0. The van der Waals surface area contributed by atoms with Crippen molar-refractivity contribution >= 4 is 44.1 Å². The highest BCUT2D eigenvalue weighted by Gasteiger charge is 2.25. The van der Waals surface area contributed by atoms with Gasteiger partial charge in [-0.2, -0.15) is 0 Å². The number of hydrogen-bond acceptors (Lipinski definition) is 8. The first-order valence-corrected chi connectivity index (χ1v) is 12.7. The van der Waals surface area contributed by atoms with Crippen LogP contribution in [0.5, 0.6) is 0 Å². The molecule has 11 heteroatoms. The summed E-state index contributed by atoms with van der Waals surface area (Å²) in [4.78, 5) is 32.7. The van der Waals surface area contributed by atoms with Crippen LogP contribution in [0.4, 0.5) is 10.8 Å². The van der Waals surface area contributed by atoms with Crippen LogP contribution in [-0.2, 0) is 26.2 Å². The molecular weight excluding hydrogens is 452 g/mol. The number of amides is 1. The summed E-state index contributed by atoms with van der Waals surface area (Å²) < 4.78 is 31.8. The van der Waals surface area contributed by atoms with E-state index in [-0.39, 0.29) is 23.0 Å². The minimum Gasteiger partial charge on any atom is -0.455 e. The molecule has 0 spiro atoms. The smallest absolute Gasteiger partial charge is 0.340 e. The molecule has 0 radical (unpaired) electrons. The molecule has 1 fully saturated rings. The van der Waals surface area contributed by atoms with Crippen molar-refractivity contribution in [2.75, 3.05) is 43.5 Å². The number of rotatable bonds is 8. The fraction of sp³-hybridized carbons (Fsp3) is 0.476. The first-order chi connectivity index (χ1) is 15.1. The number of carbonyl (C=O) groups is 2. The molecule has 0 bridgehead atoms. The van der Waals surface area contributed by atoms with E-state index >= 15 is 0 Å². The van der Waals surface area contributed by atoms with Crippen molar-refractivity contribution < 1.29 is 22.7 Å². The van der Waals surface area contributed by atoms with Crippen molar-refractivity contribution in [1.82, 2.24) is 9.29 Å². The summed E-state index contributed by atoms with van der Waals surface area (Å²) >= 11 is 1.30. The number of carbonyl (C=O) groups excluding carboxylic acids is 2. The molecule has 174 valence electrons. The van der Waals surface area contributed by atoms with Gasteiger partial charge in [-0.05, 0) is 38.0 Å². The van der Waals surface area contributed by atoms with Gasteiger partial charge in [-0.15, -0.1) is 11.3 Å². The number of nitrogens with zero attached hydrogens (tertiary/aromatic N) is 4. The van der Waals surface area contributed by atoms with Crippen LogP contribution in [0.25, 0.3) is 0 Å². The lowest BCUT2D eigenvalue weighted by Crippen LogP contribution is -2.27. The Morgan fingerprint density at radius 1 is 1.22 bits per heavy atom. The Bertz CT molecular complexity index is 1090. The summed E-state index contributed by atoms with van der Waals surface area (Å²) in [6, 6.07) is 4.57. The quantitative estimate of drug-likeness (QED) is 0.536.